The van der Waals surface area contributed by atoms with Crippen LogP contribution in [0.1, 0.15) is 42.1 Å². The number of amides is 1. The molecule has 4 N–H and O–H groups in total. The summed E-state index contributed by atoms with van der Waals surface area (Å²) in [7, 11) is 1.63. The summed E-state index contributed by atoms with van der Waals surface area (Å²) in [6.45, 7) is 3.94. The fraction of sp³-hybridized carbons (Fsp3) is 0.556. The van der Waals surface area contributed by atoms with Gasteiger partial charge in [-0.15, -0.1) is 24.0 Å². The number of guanidine groups is 1. The van der Waals surface area contributed by atoms with E-state index in [1.54, 1.807) is 13.1 Å². The number of carbonyl (C=O) groups excluding carboxylic acids is 1. The molecule has 1 saturated carbocycles. The largest absolute Gasteiger partial charge is 0.388 e. The van der Waals surface area contributed by atoms with Crippen LogP contribution in [0.25, 0.3) is 0 Å². The van der Waals surface area contributed by atoms with Crippen LogP contribution in [-0.4, -0.2) is 49.3 Å². The standard InChI is InChI=1S/C18H28N4O2.HI/c1-3-20-17(22-13-18(24)9-5-10-18)21-11-8-14-6-4-7-15(12-14)16(23)19-2;/h4,6-7,12,24H,3,5,8-11,13H2,1-2H3,(H,19,23)(H2,20,21,22);1H. The van der Waals surface area contributed by atoms with Gasteiger partial charge in [-0.3, -0.25) is 9.79 Å². The van der Waals surface area contributed by atoms with Crippen LogP contribution < -0.4 is 16.0 Å². The number of hydrogen-bond donors (Lipinski definition) is 4. The zero-order chi connectivity index (χ0) is 17.4. The predicted molar refractivity (Wildman–Crippen MR) is 112 cm³/mol. The molecule has 1 aliphatic rings. The molecule has 1 aromatic carbocycles. The Kier molecular flexibility index (Phi) is 9.20. The van der Waals surface area contributed by atoms with Gasteiger partial charge in [-0.25, -0.2) is 0 Å². The minimum Gasteiger partial charge on any atom is -0.388 e. The number of hydrogen-bond acceptors (Lipinski definition) is 3. The molecule has 1 fully saturated rings. The third kappa shape index (κ3) is 6.81. The van der Waals surface area contributed by atoms with Gasteiger partial charge in [0.25, 0.3) is 5.91 Å². The van der Waals surface area contributed by atoms with Crippen molar-refractivity contribution in [2.45, 2.75) is 38.2 Å². The van der Waals surface area contributed by atoms with Crippen LogP contribution in [0.5, 0.6) is 0 Å². The molecular formula is C18H29IN4O2. The van der Waals surface area contributed by atoms with Crippen molar-refractivity contribution in [3.05, 3.63) is 35.4 Å². The van der Waals surface area contributed by atoms with E-state index in [-0.39, 0.29) is 29.9 Å². The number of rotatable bonds is 7. The summed E-state index contributed by atoms with van der Waals surface area (Å²) in [5, 5.41) is 19.2. The molecule has 1 amide bonds. The molecule has 1 aromatic rings. The molecule has 0 aromatic heterocycles. The molecular weight excluding hydrogens is 431 g/mol. The first-order valence-electron chi connectivity index (χ1n) is 8.62. The van der Waals surface area contributed by atoms with E-state index in [0.717, 1.165) is 43.8 Å². The van der Waals surface area contributed by atoms with E-state index in [9.17, 15) is 9.90 Å². The number of aliphatic imine (C=N–C) groups is 1. The Bertz CT molecular complexity index is 588. The van der Waals surface area contributed by atoms with Crippen LogP contribution in [-0.2, 0) is 6.42 Å². The summed E-state index contributed by atoms with van der Waals surface area (Å²) in [6, 6.07) is 7.61. The Morgan fingerprint density at radius 2 is 2.08 bits per heavy atom. The van der Waals surface area contributed by atoms with Crippen LogP contribution in [0.3, 0.4) is 0 Å². The summed E-state index contributed by atoms with van der Waals surface area (Å²) in [6.07, 6.45) is 3.54. The number of carbonyl (C=O) groups is 1. The summed E-state index contributed by atoms with van der Waals surface area (Å²) in [5.74, 6) is 0.647. The normalized spacial score (nSPS) is 15.6. The van der Waals surface area contributed by atoms with E-state index in [1.165, 1.54) is 0 Å². The van der Waals surface area contributed by atoms with Crippen LogP contribution in [0, 0.1) is 0 Å². The molecule has 0 heterocycles. The van der Waals surface area contributed by atoms with Gasteiger partial charge in [-0.1, -0.05) is 12.1 Å². The second-order valence-electron chi connectivity index (χ2n) is 6.23. The Labute approximate surface area is 166 Å². The lowest BCUT2D eigenvalue weighted by molar-refractivity contribution is -0.0236. The molecule has 0 atom stereocenters. The van der Waals surface area contributed by atoms with Gasteiger partial charge in [0.1, 0.15) is 0 Å². The summed E-state index contributed by atoms with van der Waals surface area (Å²) >= 11 is 0. The molecule has 140 valence electrons. The highest BCUT2D eigenvalue weighted by Crippen LogP contribution is 2.31. The van der Waals surface area contributed by atoms with Crippen molar-refractivity contribution in [1.82, 2.24) is 16.0 Å². The maximum absolute atomic E-state index is 11.7. The zero-order valence-electron chi connectivity index (χ0n) is 15.0. The highest BCUT2D eigenvalue weighted by atomic mass is 127. The van der Waals surface area contributed by atoms with Crippen LogP contribution >= 0.6 is 24.0 Å². The second kappa shape index (κ2) is 10.6. The van der Waals surface area contributed by atoms with E-state index in [0.29, 0.717) is 18.7 Å². The quantitative estimate of drug-likeness (QED) is 0.284. The van der Waals surface area contributed by atoms with Gasteiger partial charge in [0.2, 0.25) is 0 Å². The lowest BCUT2D eigenvalue weighted by Gasteiger charge is -2.35. The van der Waals surface area contributed by atoms with Crippen molar-refractivity contribution in [3.8, 4) is 0 Å². The van der Waals surface area contributed by atoms with Gasteiger partial charge in [0.15, 0.2) is 5.96 Å². The molecule has 0 unspecified atom stereocenters. The van der Waals surface area contributed by atoms with Crippen LogP contribution in [0.4, 0.5) is 0 Å². The lowest BCUT2D eigenvalue weighted by Crippen LogP contribution is -2.43. The highest BCUT2D eigenvalue weighted by Gasteiger charge is 2.34. The fourth-order valence-electron chi connectivity index (χ4n) is 2.65. The lowest BCUT2D eigenvalue weighted by atomic mass is 9.80. The number of nitrogens with one attached hydrogen (secondary N) is 3. The SMILES string of the molecule is CCNC(=NCC1(O)CCC1)NCCc1cccc(C(=O)NC)c1.I. The van der Waals surface area contributed by atoms with E-state index in [1.807, 2.05) is 25.1 Å². The molecule has 7 heteroatoms. The Morgan fingerprint density at radius 3 is 2.68 bits per heavy atom. The highest BCUT2D eigenvalue weighted by molar-refractivity contribution is 14.0. The average Bonchev–Trinajstić information content (AvgIpc) is 2.57. The van der Waals surface area contributed by atoms with E-state index in [4.69, 9.17) is 0 Å². The first-order chi connectivity index (χ1) is 11.6. The van der Waals surface area contributed by atoms with Gasteiger partial charge >= 0.3 is 0 Å². The second-order valence-corrected chi connectivity index (χ2v) is 6.23. The molecule has 0 radical (unpaired) electrons. The number of benzene rings is 1. The minimum atomic E-state index is -0.607. The first-order valence-corrected chi connectivity index (χ1v) is 8.62. The van der Waals surface area contributed by atoms with Crippen molar-refractivity contribution < 1.29 is 9.90 Å². The molecule has 0 bridgehead atoms. The molecule has 0 aliphatic heterocycles. The smallest absolute Gasteiger partial charge is 0.251 e. The Balaban J connectivity index is 0.00000312. The summed E-state index contributed by atoms with van der Waals surface area (Å²) < 4.78 is 0. The molecule has 0 saturated heterocycles. The average molecular weight is 460 g/mol. The van der Waals surface area contributed by atoms with Crippen molar-refractivity contribution in [3.63, 3.8) is 0 Å². The Morgan fingerprint density at radius 1 is 1.32 bits per heavy atom. The molecule has 2 rings (SSSR count). The van der Waals surface area contributed by atoms with Crippen molar-refractivity contribution in [1.29, 1.82) is 0 Å². The van der Waals surface area contributed by atoms with Crippen molar-refractivity contribution in [2.75, 3.05) is 26.7 Å². The predicted octanol–water partition coefficient (Wildman–Crippen LogP) is 1.68. The summed E-state index contributed by atoms with van der Waals surface area (Å²) in [4.78, 5) is 16.1. The molecule has 6 nitrogen and oxygen atoms in total. The summed E-state index contributed by atoms with van der Waals surface area (Å²) in [5.41, 5.74) is 1.16. The number of halogens is 1. The molecule has 25 heavy (non-hydrogen) atoms. The van der Waals surface area contributed by atoms with Gasteiger partial charge in [-0.05, 0) is 50.3 Å². The number of nitrogens with zero attached hydrogens (tertiary/aromatic N) is 1. The first kappa shape index (κ1) is 21.7. The monoisotopic (exact) mass is 460 g/mol. The van der Waals surface area contributed by atoms with E-state index < -0.39 is 5.60 Å². The third-order valence-corrected chi connectivity index (χ3v) is 4.28. The van der Waals surface area contributed by atoms with Crippen LogP contribution in [0.2, 0.25) is 0 Å². The zero-order valence-corrected chi connectivity index (χ0v) is 17.3. The Hall–Kier alpha value is -1.35. The number of aliphatic hydroxyl groups is 1. The molecule has 0 spiro atoms. The van der Waals surface area contributed by atoms with Crippen LogP contribution in [0.15, 0.2) is 29.3 Å². The van der Waals surface area contributed by atoms with Crippen molar-refractivity contribution >= 4 is 35.8 Å². The van der Waals surface area contributed by atoms with Gasteiger partial charge in [0.05, 0.1) is 12.1 Å². The minimum absolute atomic E-state index is 0. The maximum atomic E-state index is 11.7. The van der Waals surface area contributed by atoms with Crippen molar-refractivity contribution in [2.24, 2.45) is 4.99 Å². The topological polar surface area (TPSA) is 85.8 Å². The van der Waals surface area contributed by atoms with E-state index >= 15 is 0 Å². The van der Waals surface area contributed by atoms with Gasteiger partial charge in [0, 0.05) is 25.7 Å². The third-order valence-electron chi connectivity index (χ3n) is 4.28. The van der Waals surface area contributed by atoms with Gasteiger partial charge < -0.3 is 21.1 Å². The molecule has 1 aliphatic carbocycles. The van der Waals surface area contributed by atoms with E-state index in [2.05, 4.69) is 20.9 Å². The maximum Gasteiger partial charge on any atom is 0.251 e. The fourth-order valence-corrected chi connectivity index (χ4v) is 2.65. The van der Waals surface area contributed by atoms with Gasteiger partial charge in [-0.2, -0.15) is 0 Å².